The van der Waals surface area contributed by atoms with E-state index in [0.717, 1.165) is 29.8 Å². The maximum absolute atomic E-state index is 11.9. The van der Waals surface area contributed by atoms with Crippen LogP contribution in [0.5, 0.6) is 0 Å². The molecular weight excluding hydrogens is 254 g/mol. The van der Waals surface area contributed by atoms with Gasteiger partial charge >= 0.3 is 6.03 Å². The number of carbonyl (C=O) groups is 2. The van der Waals surface area contributed by atoms with Crippen molar-refractivity contribution in [3.63, 3.8) is 0 Å². The van der Waals surface area contributed by atoms with Gasteiger partial charge in [0.1, 0.15) is 0 Å². The number of hydrogen-bond donors (Lipinski definition) is 3. The van der Waals surface area contributed by atoms with Crippen molar-refractivity contribution < 1.29 is 9.59 Å². The molecule has 1 aliphatic carbocycles. The van der Waals surface area contributed by atoms with Crippen molar-refractivity contribution in [2.45, 2.75) is 44.6 Å². The molecule has 1 saturated carbocycles. The van der Waals surface area contributed by atoms with E-state index in [4.69, 9.17) is 0 Å². The lowest BCUT2D eigenvalue weighted by molar-refractivity contribution is -0.116. The van der Waals surface area contributed by atoms with Gasteiger partial charge in [0.2, 0.25) is 5.91 Å². The molecule has 0 radical (unpaired) electrons. The van der Waals surface area contributed by atoms with E-state index in [1.165, 1.54) is 12.8 Å². The quantitative estimate of drug-likeness (QED) is 0.775. The molecule has 3 N–H and O–H groups in total. The molecule has 5 heteroatoms. The summed E-state index contributed by atoms with van der Waals surface area (Å²) in [5.74, 6) is -0.155. The molecule has 3 rings (SSSR count). The van der Waals surface area contributed by atoms with E-state index < -0.39 is 0 Å². The maximum atomic E-state index is 11.9. The number of anilines is 2. The summed E-state index contributed by atoms with van der Waals surface area (Å²) in [4.78, 5) is 23.5. The lowest BCUT2D eigenvalue weighted by Crippen LogP contribution is -2.36. The first-order valence-corrected chi connectivity index (χ1v) is 7.16. The fourth-order valence-corrected chi connectivity index (χ4v) is 2.92. The van der Waals surface area contributed by atoms with E-state index >= 15 is 0 Å². The van der Waals surface area contributed by atoms with Gasteiger partial charge in [-0.15, -0.1) is 0 Å². The van der Waals surface area contributed by atoms with Crippen molar-refractivity contribution >= 4 is 23.3 Å². The summed E-state index contributed by atoms with van der Waals surface area (Å²) in [6, 6.07) is 5.65. The Bertz CT molecular complexity index is 550. The van der Waals surface area contributed by atoms with Gasteiger partial charge in [-0.2, -0.15) is 0 Å². The topological polar surface area (TPSA) is 70.2 Å². The van der Waals surface area contributed by atoms with Gasteiger partial charge in [-0.25, -0.2) is 4.79 Å². The molecule has 5 nitrogen and oxygen atoms in total. The minimum absolute atomic E-state index is 0.00700. The molecule has 0 spiro atoms. The minimum Gasteiger partial charge on any atom is -0.335 e. The van der Waals surface area contributed by atoms with Gasteiger partial charge in [0.15, 0.2) is 0 Å². The standard InChI is InChI=1S/C15H19N3O2/c1-9-12-8-11(6-7-13(12)18-14(9)19)17-15(20)16-10-4-2-3-5-10/h6-10H,2-5H2,1H3,(H,18,19)(H2,16,17,20). The predicted octanol–water partition coefficient (Wildman–Crippen LogP) is 2.81. The molecule has 1 heterocycles. The van der Waals surface area contributed by atoms with E-state index in [9.17, 15) is 9.59 Å². The van der Waals surface area contributed by atoms with Crippen LogP contribution in [0.4, 0.5) is 16.2 Å². The van der Waals surface area contributed by atoms with Gasteiger partial charge in [0, 0.05) is 17.4 Å². The Morgan fingerprint density at radius 1 is 1.30 bits per heavy atom. The molecule has 1 aromatic rings. The second-order valence-corrected chi connectivity index (χ2v) is 5.59. The highest BCUT2D eigenvalue weighted by atomic mass is 16.2. The monoisotopic (exact) mass is 273 g/mol. The molecular formula is C15H19N3O2. The second kappa shape index (κ2) is 5.15. The van der Waals surface area contributed by atoms with Crippen LogP contribution in [-0.2, 0) is 4.79 Å². The van der Waals surface area contributed by atoms with Gasteiger partial charge in [-0.3, -0.25) is 4.79 Å². The number of rotatable bonds is 2. The van der Waals surface area contributed by atoms with E-state index in [2.05, 4.69) is 16.0 Å². The number of fused-ring (bicyclic) bond motifs is 1. The summed E-state index contributed by atoms with van der Waals surface area (Å²) < 4.78 is 0. The van der Waals surface area contributed by atoms with E-state index in [-0.39, 0.29) is 17.9 Å². The fourth-order valence-electron chi connectivity index (χ4n) is 2.92. The average Bonchev–Trinajstić information content (AvgIpc) is 3.00. The first-order chi connectivity index (χ1) is 9.63. The van der Waals surface area contributed by atoms with Crippen molar-refractivity contribution in [1.82, 2.24) is 5.32 Å². The van der Waals surface area contributed by atoms with Gasteiger partial charge in [0.05, 0.1) is 5.92 Å². The number of amides is 3. The van der Waals surface area contributed by atoms with Gasteiger partial charge in [-0.05, 0) is 43.5 Å². The van der Waals surface area contributed by atoms with Crippen LogP contribution in [0.1, 0.15) is 44.1 Å². The van der Waals surface area contributed by atoms with Gasteiger partial charge in [-0.1, -0.05) is 12.8 Å². The number of carbonyl (C=O) groups excluding carboxylic acids is 2. The van der Waals surface area contributed by atoms with Crippen molar-refractivity contribution in [1.29, 1.82) is 0 Å². The summed E-state index contributed by atoms with van der Waals surface area (Å²) in [6.07, 6.45) is 4.50. The third-order valence-electron chi connectivity index (χ3n) is 4.12. The van der Waals surface area contributed by atoms with Crippen LogP contribution >= 0.6 is 0 Å². The minimum atomic E-state index is -0.165. The molecule has 0 aromatic heterocycles. The molecule has 1 aliphatic heterocycles. The fraction of sp³-hybridized carbons (Fsp3) is 0.467. The molecule has 1 atom stereocenters. The number of benzene rings is 1. The summed E-state index contributed by atoms with van der Waals surface area (Å²) >= 11 is 0. The van der Waals surface area contributed by atoms with Crippen LogP contribution in [-0.4, -0.2) is 18.0 Å². The van der Waals surface area contributed by atoms with E-state index in [1.54, 1.807) is 0 Å². The number of nitrogens with one attached hydrogen (secondary N) is 3. The van der Waals surface area contributed by atoms with Crippen LogP contribution in [0.25, 0.3) is 0 Å². The predicted molar refractivity (Wildman–Crippen MR) is 77.9 cm³/mol. The Balaban J connectivity index is 1.66. The summed E-state index contributed by atoms with van der Waals surface area (Å²) in [5.41, 5.74) is 2.50. The maximum Gasteiger partial charge on any atom is 0.319 e. The number of urea groups is 1. The Kier molecular flexibility index (Phi) is 3.34. The van der Waals surface area contributed by atoms with Crippen molar-refractivity contribution in [2.24, 2.45) is 0 Å². The van der Waals surface area contributed by atoms with Crippen molar-refractivity contribution in [2.75, 3.05) is 10.6 Å². The Morgan fingerprint density at radius 2 is 2.05 bits per heavy atom. The second-order valence-electron chi connectivity index (χ2n) is 5.59. The molecule has 0 saturated heterocycles. The normalized spacial score (nSPS) is 21.4. The van der Waals surface area contributed by atoms with E-state index in [1.807, 2.05) is 25.1 Å². The SMILES string of the molecule is CC1C(=O)Nc2ccc(NC(=O)NC3CCCC3)cc21. The molecule has 1 unspecified atom stereocenters. The van der Waals surface area contributed by atoms with Crippen molar-refractivity contribution in [3.8, 4) is 0 Å². The third-order valence-corrected chi connectivity index (χ3v) is 4.12. The van der Waals surface area contributed by atoms with Crippen LogP contribution in [0.2, 0.25) is 0 Å². The average molecular weight is 273 g/mol. The Labute approximate surface area is 118 Å². The molecule has 2 aliphatic rings. The molecule has 20 heavy (non-hydrogen) atoms. The van der Waals surface area contributed by atoms with E-state index in [0.29, 0.717) is 6.04 Å². The highest BCUT2D eigenvalue weighted by Gasteiger charge is 2.26. The highest BCUT2D eigenvalue weighted by Crippen LogP contribution is 2.33. The Hall–Kier alpha value is -2.04. The Morgan fingerprint density at radius 3 is 2.80 bits per heavy atom. The first-order valence-electron chi connectivity index (χ1n) is 7.16. The molecule has 1 aromatic carbocycles. The summed E-state index contributed by atoms with van der Waals surface area (Å²) in [5, 5.41) is 8.65. The lowest BCUT2D eigenvalue weighted by atomic mass is 10.0. The van der Waals surface area contributed by atoms with Crippen LogP contribution in [0, 0.1) is 0 Å². The zero-order chi connectivity index (χ0) is 14.1. The summed E-state index contributed by atoms with van der Waals surface area (Å²) in [7, 11) is 0. The first kappa shape index (κ1) is 13.0. The van der Waals surface area contributed by atoms with Crippen molar-refractivity contribution in [3.05, 3.63) is 23.8 Å². The van der Waals surface area contributed by atoms with Crippen LogP contribution < -0.4 is 16.0 Å². The zero-order valence-electron chi connectivity index (χ0n) is 11.5. The number of hydrogen-bond acceptors (Lipinski definition) is 2. The molecule has 0 bridgehead atoms. The van der Waals surface area contributed by atoms with Gasteiger partial charge in [0.25, 0.3) is 0 Å². The van der Waals surface area contributed by atoms with Crippen LogP contribution in [0.15, 0.2) is 18.2 Å². The smallest absolute Gasteiger partial charge is 0.319 e. The highest BCUT2D eigenvalue weighted by molar-refractivity contribution is 6.03. The third kappa shape index (κ3) is 2.48. The summed E-state index contributed by atoms with van der Waals surface area (Å²) in [6.45, 7) is 1.86. The van der Waals surface area contributed by atoms with Gasteiger partial charge < -0.3 is 16.0 Å². The largest absolute Gasteiger partial charge is 0.335 e. The molecule has 106 valence electrons. The lowest BCUT2D eigenvalue weighted by Gasteiger charge is -2.13. The molecule has 1 fully saturated rings. The molecule has 3 amide bonds. The van der Waals surface area contributed by atoms with Crippen LogP contribution in [0.3, 0.4) is 0 Å². The zero-order valence-corrected chi connectivity index (χ0v) is 11.5.